The Hall–Kier alpha value is -2.29. The van der Waals surface area contributed by atoms with Crippen molar-refractivity contribution < 1.29 is 29.4 Å². The van der Waals surface area contributed by atoms with E-state index in [4.69, 9.17) is 14.2 Å². The monoisotopic (exact) mass is 624 g/mol. The van der Waals surface area contributed by atoms with Crippen molar-refractivity contribution in [1.29, 1.82) is 0 Å². The van der Waals surface area contributed by atoms with E-state index in [2.05, 4.69) is 44.7 Å². The standard InChI is InChI=1S/C37H56N2O6/c1-7-9-32-38-33(45-39-32)37(18-19-37)31(44-34(43)35(4,5)22-40)16-11-23(2)28-14-15-29-25(10-8-17-36(28,29)6)12-13-26-20-27(41)21-30(42)24(26)3/h12-13,23,27-31,40-42H,3,7-11,14-22H2,1-2,4-6H3/t23-,27-,28-,29+,30+,31-,36-/m1/s1. The second-order valence-corrected chi connectivity index (χ2v) is 15.6. The van der Waals surface area contributed by atoms with E-state index < -0.39 is 23.0 Å². The number of nitrogens with zero attached hydrogens (tertiary/aromatic N) is 2. The predicted molar refractivity (Wildman–Crippen MR) is 173 cm³/mol. The van der Waals surface area contributed by atoms with Gasteiger partial charge in [0.15, 0.2) is 5.82 Å². The number of ether oxygens (including phenoxy) is 1. The summed E-state index contributed by atoms with van der Waals surface area (Å²) in [4.78, 5) is 18.0. The molecule has 8 nitrogen and oxygen atoms in total. The summed E-state index contributed by atoms with van der Waals surface area (Å²) in [6.45, 7) is 14.2. The van der Waals surface area contributed by atoms with Gasteiger partial charge in [-0.15, -0.1) is 0 Å². The predicted octanol–water partition coefficient (Wildman–Crippen LogP) is 6.54. The zero-order chi connectivity index (χ0) is 32.6. The number of aryl methyl sites for hydroxylation is 1. The summed E-state index contributed by atoms with van der Waals surface area (Å²) < 4.78 is 12.0. The van der Waals surface area contributed by atoms with Crippen LogP contribution in [0.15, 0.2) is 40.0 Å². The van der Waals surface area contributed by atoms with E-state index in [0.29, 0.717) is 42.3 Å². The van der Waals surface area contributed by atoms with Crippen LogP contribution in [0.25, 0.3) is 0 Å². The van der Waals surface area contributed by atoms with E-state index in [1.807, 2.05) is 0 Å². The van der Waals surface area contributed by atoms with Gasteiger partial charge in [-0.3, -0.25) is 4.79 Å². The molecule has 0 bridgehead atoms. The van der Waals surface area contributed by atoms with Crippen molar-refractivity contribution in [2.24, 2.45) is 28.6 Å². The normalized spacial score (nSPS) is 32.8. The number of rotatable bonds is 12. The van der Waals surface area contributed by atoms with Crippen LogP contribution < -0.4 is 0 Å². The van der Waals surface area contributed by atoms with Gasteiger partial charge in [0.05, 0.1) is 29.6 Å². The lowest BCUT2D eigenvalue weighted by molar-refractivity contribution is -0.164. The van der Waals surface area contributed by atoms with Crippen molar-refractivity contribution in [2.45, 2.75) is 142 Å². The Kier molecular flexibility index (Phi) is 10.2. The number of fused-ring (bicyclic) bond motifs is 1. The lowest BCUT2D eigenvalue weighted by Gasteiger charge is -2.44. The Labute approximate surface area is 269 Å². The van der Waals surface area contributed by atoms with E-state index in [1.54, 1.807) is 13.8 Å². The SMILES string of the molecule is C=C1C(=CC=C2CCC[C@]3(C)[C@@H]([C@H](C)CC[C@@H](OC(=O)C(C)(C)CO)C4(c5nc(CCC)no5)CC4)CC[C@@H]23)C[C@@H](O)C[C@@H]1O. The molecule has 5 rings (SSSR count). The summed E-state index contributed by atoms with van der Waals surface area (Å²) in [5.41, 5.74) is 1.97. The van der Waals surface area contributed by atoms with E-state index in [9.17, 15) is 20.1 Å². The molecule has 250 valence electrons. The number of allylic oxidation sites excluding steroid dienone is 3. The zero-order valence-corrected chi connectivity index (χ0v) is 28.2. The minimum atomic E-state index is -0.978. The molecule has 4 fully saturated rings. The Balaban J connectivity index is 1.31. The Morgan fingerprint density at radius 1 is 1.20 bits per heavy atom. The van der Waals surface area contributed by atoms with Crippen LogP contribution in [0.3, 0.4) is 0 Å². The number of aliphatic hydroxyl groups is 3. The number of esters is 1. The molecule has 0 radical (unpaired) electrons. The van der Waals surface area contributed by atoms with Crippen LogP contribution in [0.5, 0.6) is 0 Å². The summed E-state index contributed by atoms with van der Waals surface area (Å²) in [5, 5.41) is 34.6. The number of carbonyl (C=O) groups excluding carboxylic acids is 1. The lowest BCUT2D eigenvalue weighted by atomic mass is 9.60. The molecule has 0 saturated heterocycles. The van der Waals surface area contributed by atoms with Gasteiger partial charge in [0.25, 0.3) is 0 Å². The minimum Gasteiger partial charge on any atom is -0.461 e. The number of aromatic nitrogens is 2. The summed E-state index contributed by atoms with van der Waals surface area (Å²) in [5.74, 6) is 2.44. The topological polar surface area (TPSA) is 126 Å². The van der Waals surface area contributed by atoms with Gasteiger partial charge in [-0.05, 0) is 119 Å². The largest absolute Gasteiger partial charge is 0.461 e. The molecule has 0 unspecified atom stereocenters. The molecule has 3 N–H and O–H groups in total. The highest BCUT2D eigenvalue weighted by molar-refractivity contribution is 5.76. The minimum absolute atomic E-state index is 0.203. The molecule has 0 spiro atoms. The highest BCUT2D eigenvalue weighted by atomic mass is 16.5. The van der Waals surface area contributed by atoms with E-state index >= 15 is 0 Å². The highest BCUT2D eigenvalue weighted by Gasteiger charge is 2.58. The molecule has 8 heteroatoms. The van der Waals surface area contributed by atoms with Gasteiger partial charge in [-0.2, -0.15) is 4.98 Å². The number of carbonyl (C=O) groups is 1. The van der Waals surface area contributed by atoms with Crippen LogP contribution in [0.1, 0.15) is 123 Å². The fraction of sp³-hybridized carbons (Fsp3) is 0.757. The van der Waals surface area contributed by atoms with Crippen molar-refractivity contribution in [2.75, 3.05) is 6.61 Å². The third kappa shape index (κ3) is 6.89. The second-order valence-electron chi connectivity index (χ2n) is 15.6. The van der Waals surface area contributed by atoms with E-state index in [1.165, 1.54) is 24.8 Å². The molecular formula is C37H56N2O6. The smallest absolute Gasteiger partial charge is 0.314 e. The molecule has 0 aliphatic heterocycles. The van der Waals surface area contributed by atoms with Crippen LogP contribution in [0, 0.1) is 28.6 Å². The third-order valence-corrected chi connectivity index (χ3v) is 11.8. The van der Waals surface area contributed by atoms with Crippen molar-refractivity contribution >= 4 is 5.97 Å². The first-order valence-electron chi connectivity index (χ1n) is 17.4. The third-order valence-electron chi connectivity index (χ3n) is 11.8. The Morgan fingerprint density at radius 2 is 1.96 bits per heavy atom. The molecule has 4 aliphatic rings. The molecule has 7 atom stereocenters. The summed E-state index contributed by atoms with van der Waals surface area (Å²) >= 11 is 0. The molecule has 4 saturated carbocycles. The highest BCUT2D eigenvalue weighted by Crippen LogP contribution is 2.60. The Bertz CT molecular complexity index is 1290. The molecule has 1 heterocycles. The zero-order valence-electron chi connectivity index (χ0n) is 28.2. The molecule has 45 heavy (non-hydrogen) atoms. The Morgan fingerprint density at radius 3 is 2.64 bits per heavy atom. The first-order chi connectivity index (χ1) is 21.3. The second kappa shape index (κ2) is 13.4. The average Bonchev–Trinajstić information content (AvgIpc) is 3.52. The molecule has 4 aliphatic carbocycles. The molecular weight excluding hydrogens is 568 g/mol. The maximum absolute atomic E-state index is 13.2. The van der Waals surface area contributed by atoms with E-state index in [-0.39, 0.29) is 24.1 Å². The maximum Gasteiger partial charge on any atom is 0.314 e. The molecule has 0 amide bonds. The van der Waals surface area contributed by atoms with Crippen LogP contribution in [-0.4, -0.2) is 56.3 Å². The maximum atomic E-state index is 13.2. The number of hydrogen-bond acceptors (Lipinski definition) is 8. The lowest BCUT2D eigenvalue weighted by Crippen LogP contribution is -2.39. The first kappa shape index (κ1) is 34.1. The fourth-order valence-electron chi connectivity index (χ4n) is 8.69. The van der Waals surface area contributed by atoms with Gasteiger partial charge < -0.3 is 24.6 Å². The summed E-state index contributed by atoms with van der Waals surface area (Å²) in [6.07, 6.45) is 14.6. The average molecular weight is 625 g/mol. The van der Waals surface area contributed by atoms with Crippen molar-refractivity contribution in [3.05, 3.63) is 47.2 Å². The molecule has 0 aromatic carbocycles. The quantitative estimate of drug-likeness (QED) is 0.224. The number of aliphatic hydroxyl groups excluding tert-OH is 3. The fourth-order valence-corrected chi connectivity index (χ4v) is 8.69. The molecule has 1 aromatic rings. The van der Waals surface area contributed by atoms with Gasteiger partial charge in [-0.25, -0.2) is 0 Å². The van der Waals surface area contributed by atoms with Crippen LogP contribution >= 0.6 is 0 Å². The first-order valence-corrected chi connectivity index (χ1v) is 17.4. The van der Waals surface area contributed by atoms with Crippen LogP contribution in [0.2, 0.25) is 0 Å². The van der Waals surface area contributed by atoms with Crippen molar-refractivity contribution in [1.82, 2.24) is 10.1 Å². The van der Waals surface area contributed by atoms with Gasteiger partial charge in [-0.1, -0.05) is 50.2 Å². The van der Waals surface area contributed by atoms with Gasteiger partial charge in [0.1, 0.15) is 6.10 Å². The van der Waals surface area contributed by atoms with Crippen LogP contribution in [-0.2, 0) is 21.4 Å². The van der Waals surface area contributed by atoms with Gasteiger partial charge in [0.2, 0.25) is 5.89 Å². The number of hydrogen-bond donors (Lipinski definition) is 3. The summed E-state index contributed by atoms with van der Waals surface area (Å²) in [7, 11) is 0. The van der Waals surface area contributed by atoms with Gasteiger partial charge in [0, 0.05) is 12.8 Å². The van der Waals surface area contributed by atoms with Crippen molar-refractivity contribution in [3.63, 3.8) is 0 Å². The summed E-state index contributed by atoms with van der Waals surface area (Å²) in [6, 6.07) is 0. The van der Waals surface area contributed by atoms with E-state index in [0.717, 1.165) is 62.5 Å². The van der Waals surface area contributed by atoms with Crippen molar-refractivity contribution in [3.8, 4) is 0 Å². The van der Waals surface area contributed by atoms with Gasteiger partial charge >= 0.3 is 5.97 Å². The molecule has 1 aromatic heterocycles. The van der Waals surface area contributed by atoms with Crippen LogP contribution in [0.4, 0.5) is 0 Å².